The van der Waals surface area contributed by atoms with Gasteiger partial charge >= 0.3 is 6.03 Å². The fourth-order valence-electron chi connectivity index (χ4n) is 1.17. The van der Waals surface area contributed by atoms with E-state index >= 15 is 0 Å². The lowest BCUT2D eigenvalue weighted by atomic mass is 10.3. The maximum atomic E-state index is 10.9. The molecular weight excluding hydrogens is 158 g/mol. The molecule has 1 fully saturated rings. The van der Waals surface area contributed by atoms with Crippen molar-refractivity contribution in [2.75, 3.05) is 19.6 Å². The lowest BCUT2D eigenvalue weighted by Crippen LogP contribution is -2.29. The number of amides is 3. The van der Waals surface area contributed by atoms with Crippen LogP contribution in [0.25, 0.3) is 0 Å². The Bertz CT molecular complexity index is 193. The molecule has 1 heterocycles. The molecule has 0 aromatic rings. The number of hydrogen-bond acceptors (Lipinski definition) is 2. The largest absolute Gasteiger partial charge is 0.370 e. The maximum absolute atomic E-state index is 10.9. The summed E-state index contributed by atoms with van der Waals surface area (Å²) in [4.78, 5) is 23.0. The standard InChI is InChI=1S/C7H13N3O2/c8-6(11)2-1-4-10-5-3-9-7(10)12/h1-5H2,(H2,8,11)(H,9,12). The van der Waals surface area contributed by atoms with Crippen molar-refractivity contribution in [1.82, 2.24) is 10.2 Å². The topological polar surface area (TPSA) is 75.4 Å². The van der Waals surface area contributed by atoms with Crippen LogP contribution in [0.15, 0.2) is 0 Å². The summed E-state index contributed by atoms with van der Waals surface area (Å²) in [5.74, 6) is -0.311. The van der Waals surface area contributed by atoms with Crippen LogP contribution in [0.2, 0.25) is 0 Å². The predicted octanol–water partition coefficient (Wildman–Crippen LogP) is -0.723. The highest BCUT2D eigenvalue weighted by Gasteiger charge is 2.18. The average Bonchev–Trinajstić information content (AvgIpc) is 2.36. The third-order valence-electron chi connectivity index (χ3n) is 1.80. The Labute approximate surface area is 70.9 Å². The van der Waals surface area contributed by atoms with Gasteiger partial charge in [-0.25, -0.2) is 4.79 Å². The molecule has 3 amide bonds. The molecule has 3 N–H and O–H groups in total. The van der Waals surface area contributed by atoms with Gasteiger partial charge in [-0.1, -0.05) is 0 Å². The number of urea groups is 1. The maximum Gasteiger partial charge on any atom is 0.317 e. The van der Waals surface area contributed by atoms with Crippen molar-refractivity contribution < 1.29 is 9.59 Å². The van der Waals surface area contributed by atoms with E-state index in [4.69, 9.17) is 5.73 Å². The first-order valence-electron chi connectivity index (χ1n) is 4.01. The van der Waals surface area contributed by atoms with Gasteiger partial charge in [0, 0.05) is 26.1 Å². The number of hydrogen-bond donors (Lipinski definition) is 2. The number of nitrogens with one attached hydrogen (secondary N) is 1. The molecule has 1 saturated heterocycles. The Morgan fingerprint density at radius 3 is 2.92 bits per heavy atom. The number of nitrogens with zero attached hydrogens (tertiary/aromatic N) is 1. The molecule has 0 atom stereocenters. The van der Waals surface area contributed by atoms with Gasteiger partial charge in [0.25, 0.3) is 0 Å². The fourth-order valence-corrected chi connectivity index (χ4v) is 1.17. The number of primary amides is 1. The lowest BCUT2D eigenvalue weighted by molar-refractivity contribution is -0.118. The van der Waals surface area contributed by atoms with Crippen molar-refractivity contribution in [1.29, 1.82) is 0 Å². The molecule has 12 heavy (non-hydrogen) atoms. The Hall–Kier alpha value is -1.26. The molecule has 5 nitrogen and oxygen atoms in total. The van der Waals surface area contributed by atoms with Crippen molar-refractivity contribution in [3.8, 4) is 0 Å². The van der Waals surface area contributed by atoms with Crippen molar-refractivity contribution in [2.45, 2.75) is 12.8 Å². The smallest absolute Gasteiger partial charge is 0.317 e. The van der Waals surface area contributed by atoms with Crippen LogP contribution in [-0.4, -0.2) is 36.5 Å². The van der Waals surface area contributed by atoms with Gasteiger partial charge in [-0.05, 0) is 6.42 Å². The van der Waals surface area contributed by atoms with Gasteiger partial charge in [0.1, 0.15) is 0 Å². The van der Waals surface area contributed by atoms with Crippen LogP contribution in [0.5, 0.6) is 0 Å². The summed E-state index contributed by atoms with van der Waals surface area (Å²) in [6, 6.07) is -0.0422. The molecule has 0 spiro atoms. The summed E-state index contributed by atoms with van der Waals surface area (Å²) in [5.41, 5.74) is 4.95. The molecule has 1 aliphatic heterocycles. The first-order chi connectivity index (χ1) is 5.70. The normalized spacial score (nSPS) is 16.3. The van der Waals surface area contributed by atoms with Gasteiger partial charge < -0.3 is 16.0 Å². The summed E-state index contributed by atoms with van der Waals surface area (Å²) in [6.45, 7) is 2.06. The number of carbonyl (C=O) groups excluding carboxylic acids is 2. The summed E-state index contributed by atoms with van der Waals surface area (Å²) in [5, 5.41) is 2.68. The van der Waals surface area contributed by atoms with Crippen molar-refractivity contribution in [2.24, 2.45) is 5.73 Å². The van der Waals surface area contributed by atoms with E-state index in [1.807, 2.05) is 0 Å². The Morgan fingerprint density at radius 1 is 1.67 bits per heavy atom. The molecule has 0 bridgehead atoms. The van der Waals surface area contributed by atoms with Gasteiger partial charge in [0.05, 0.1) is 0 Å². The highest BCUT2D eigenvalue weighted by Crippen LogP contribution is 1.99. The molecule has 0 unspecified atom stereocenters. The van der Waals surface area contributed by atoms with E-state index in [-0.39, 0.29) is 11.9 Å². The van der Waals surface area contributed by atoms with Crippen molar-refractivity contribution in [3.63, 3.8) is 0 Å². The first-order valence-corrected chi connectivity index (χ1v) is 4.01. The van der Waals surface area contributed by atoms with E-state index in [2.05, 4.69) is 5.32 Å². The van der Waals surface area contributed by atoms with E-state index in [1.54, 1.807) is 4.90 Å². The fraction of sp³-hybridized carbons (Fsp3) is 0.714. The minimum Gasteiger partial charge on any atom is -0.370 e. The molecule has 1 rings (SSSR count). The molecular formula is C7H13N3O2. The molecule has 0 aliphatic carbocycles. The van der Waals surface area contributed by atoms with Gasteiger partial charge in [0.2, 0.25) is 5.91 Å². The summed E-state index contributed by atoms with van der Waals surface area (Å²) in [7, 11) is 0. The van der Waals surface area contributed by atoms with E-state index in [0.717, 1.165) is 6.54 Å². The van der Waals surface area contributed by atoms with E-state index < -0.39 is 0 Å². The van der Waals surface area contributed by atoms with Gasteiger partial charge in [0.15, 0.2) is 0 Å². The third kappa shape index (κ3) is 2.41. The second-order valence-corrected chi connectivity index (χ2v) is 2.79. The van der Waals surface area contributed by atoms with E-state index in [9.17, 15) is 9.59 Å². The van der Waals surface area contributed by atoms with Gasteiger partial charge in [-0.2, -0.15) is 0 Å². The number of nitrogens with two attached hydrogens (primary N) is 1. The highest BCUT2D eigenvalue weighted by molar-refractivity contribution is 5.76. The van der Waals surface area contributed by atoms with Crippen LogP contribution in [0.3, 0.4) is 0 Å². The lowest BCUT2D eigenvalue weighted by Gasteiger charge is -2.12. The van der Waals surface area contributed by atoms with Crippen molar-refractivity contribution >= 4 is 11.9 Å². The number of carbonyl (C=O) groups is 2. The Kier molecular flexibility index (Phi) is 2.90. The zero-order valence-corrected chi connectivity index (χ0v) is 6.88. The Balaban J connectivity index is 2.14. The predicted molar refractivity (Wildman–Crippen MR) is 43.4 cm³/mol. The zero-order valence-electron chi connectivity index (χ0n) is 6.88. The highest BCUT2D eigenvalue weighted by atomic mass is 16.2. The van der Waals surface area contributed by atoms with Crippen LogP contribution in [0.1, 0.15) is 12.8 Å². The average molecular weight is 171 g/mol. The quantitative estimate of drug-likeness (QED) is 0.585. The minimum atomic E-state index is -0.311. The van der Waals surface area contributed by atoms with Gasteiger partial charge in [-0.3, -0.25) is 4.79 Å². The SMILES string of the molecule is NC(=O)CCCN1CCNC1=O. The van der Waals surface area contributed by atoms with Crippen LogP contribution in [0, 0.1) is 0 Å². The summed E-state index contributed by atoms with van der Waals surface area (Å²) < 4.78 is 0. The van der Waals surface area contributed by atoms with Crippen molar-refractivity contribution in [3.05, 3.63) is 0 Å². The van der Waals surface area contributed by atoms with Crippen LogP contribution < -0.4 is 11.1 Å². The summed E-state index contributed by atoms with van der Waals surface area (Å²) >= 11 is 0. The molecule has 0 aromatic carbocycles. The van der Waals surface area contributed by atoms with E-state index in [1.165, 1.54) is 0 Å². The first kappa shape index (κ1) is 8.83. The van der Waals surface area contributed by atoms with Crippen LogP contribution in [-0.2, 0) is 4.79 Å². The van der Waals surface area contributed by atoms with Crippen LogP contribution in [0.4, 0.5) is 4.79 Å². The molecule has 0 saturated carbocycles. The molecule has 0 aromatic heterocycles. The summed E-state index contributed by atoms with van der Waals surface area (Å²) in [6.07, 6.45) is 1.01. The second kappa shape index (κ2) is 3.94. The minimum absolute atomic E-state index is 0.0422. The number of rotatable bonds is 4. The molecule has 1 aliphatic rings. The van der Waals surface area contributed by atoms with Crippen LogP contribution >= 0.6 is 0 Å². The van der Waals surface area contributed by atoms with E-state index in [0.29, 0.717) is 25.9 Å². The molecule has 5 heteroatoms. The van der Waals surface area contributed by atoms with Gasteiger partial charge in [-0.15, -0.1) is 0 Å². The zero-order chi connectivity index (χ0) is 8.97. The third-order valence-corrected chi connectivity index (χ3v) is 1.80. The Morgan fingerprint density at radius 2 is 2.42 bits per heavy atom. The monoisotopic (exact) mass is 171 g/mol. The molecule has 68 valence electrons. The second-order valence-electron chi connectivity index (χ2n) is 2.79. The molecule has 0 radical (unpaired) electrons.